The van der Waals surface area contributed by atoms with Gasteiger partial charge in [-0.25, -0.2) is 9.97 Å². The van der Waals surface area contributed by atoms with Crippen LogP contribution in [0.1, 0.15) is 30.4 Å². The number of likely N-dealkylation sites (N-methyl/N-ethyl adjacent to an activating group) is 1. The number of carbonyl (C=O) groups is 1. The fourth-order valence-corrected chi connectivity index (χ4v) is 4.66. The predicted molar refractivity (Wildman–Crippen MR) is 116 cm³/mol. The van der Waals surface area contributed by atoms with Crippen molar-refractivity contribution in [3.63, 3.8) is 0 Å². The fraction of sp³-hybridized carbons (Fsp3) is 0.522. The Morgan fingerprint density at radius 3 is 2.50 bits per heavy atom. The van der Waals surface area contributed by atoms with E-state index in [-0.39, 0.29) is 17.4 Å². The van der Waals surface area contributed by atoms with Crippen LogP contribution in [0.15, 0.2) is 42.7 Å². The van der Waals surface area contributed by atoms with Gasteiger partial charge < -0.3 is 15.0 Å². The molecule has 1 unspecified atom stereocenters. The molecule has 160 valence electrons. The molecule has 1 N–H and O–H groups in total. The summed E-state index contributed by atoms with van der Waals surface area (Å²) in [5, 5.41) is 3.26. The summed E-state index contributed by atoms with van der Waals surface area (Å²) in [6.07, 6.45) is 6.53. The maximum atomic E-state index is 12.9. The number of likely N-dealkylation sites (tertiary alicyclic amines) is 2. The van der Waals surface area contributed by atoms with Crippen molar-refractivity contribution in [2.24, 2.45) is 5.41 Å². The molecule has 7 nitrogen and oxygen atoms in total. The second kappa shape index (κ2) is 9.10. The molecule has 4 rings (SSSR count). The van der Waals surface area contributed by atoms with Gasteiger partial charge in [-0.1, -0.05) is 30.3 Å². The van der Waals surface area contributed by atoms with Crippen molar-refractivity contribution >= 4 is 11.9 Å². The second-order valence-corrected chi connectivity index (χ2v) is 8.56. The molecule has 0 bridgehead atoms. The van der Waals surface area contributed by atoms with Crippen LogP contribution < -0.4 is 5.32 Å². The second-order valence-electron chi connectivity index (χ2n) is 8.56. The lowest BCUT2D eigenvalue weighted by molar-refractivity contribution is -0.156. The standard InChI is InChI=1S/C23H31N5O2/c1-27-17-20(30-2)12-23(21(27)29)8-10-28(11-9-23)16-19-14-25-22(26-15-19)24-13-18-6-4-3-5-7-18/h3-7,14-15,20H,8-13,16-17H2,1-2H3,(H,24,25,26). The summed E-state index contributed by atoms with van der Waals surface area (Å²) in [6, 6.07) is 10.2. The van der Waals surface area contributed by atoms with Crippen molar-refractivity contribution in [2.45, 2.75) is 38.5 Å². The summed E-state index contributed by atoms with van der Waals surface area (Å²) in [7, 11) is 3.64. The first-order valence-electron chi connectivity index (χ1n) is 10.7. The quantitative estimate of drug-likeness (QED) is 0.791. The molecule has 1 aromatic heterocycles. The molecule has 1 spiro atoms. The van der Waals surface area contributed by atoms with E-state index in [1.54, 1.807) is 7.11 Å². The number of hydrogen-bond acceptors (Lipinski definition) is 6. The molecule has 2 aliphatic rings. The summed E-state index contributed by atoms with van der Waals surface area (Å²) in [5.41, 5.74) is 2.04. The van der Waals surface area contributed by atoms with Gasteiger partial charge >= 0.3 is 0 Å². The molecule has 0 aliphatic carbocycles. The zero-order valence-electron chi connectivity index (χ0n) is 17.9. The SMILES string of the molecule is COC1CN(C)C(=O)C2(CCN(Cc3cnc(NCc4ccccc4)nc3)CC2)C1. The van der Waals surface area contributed by atoms with Crippen molar-refractivity contribution in [2.75, 3.05) is 39.1 Å². The number of methoxy groups -OCH3 is 1. The average molecular weight is 410 g/mol. The number of benzene rings is 1. The van der Waals surface area contributed by atoms with E-state index in [1.165, 1.54) is 5.56 Å². The van der Waals surface area contributed by atoms with Gasteiger partial charge in [0.2, 0.25) is 11.9 Å². The number of ether oxygens (including phenoxy) is 1. The number of piperidine rings is 2. The number of carbonyl (C=O) groups excluding carboxylic acids is 1. The van der Waals surface area contributed by atoms with Gasteiger partial charge in [-0.05, 0) is 37.9 Å². The lowest BCUT2D eigenvalue weighted by Crippen LogP contribution is -2.56. The van der Waals surface area contributed by atoms with Gasteiger partial charge in [0, 0.05) is 51.7 Å². The molecule has 2 fully saturated rings. The van der Waals surface area contributed by atoms with Crippen molar-refractivity contribution < 1.29 is 9.53 Å². The van der Waals surface area contributed by atoms with Crippen LogP contribution >= 0.6 is 0 Å². The highest BCUT2D eigenvalue weighted by Crippen LogP contribution is 2.41. The Bertz CT molecular complexity index is 834. The lowest BCUT2D eigenvalue weighted by atomic mass is 9.71. The number of hydrogen-bond donors (Lipinski definition) is 1. The zero-order valence-corrected chi connectivity index (χ0v) is 17.9. The van der Waals surface area contributed by atoms with E-state index >= 15 is 0 Å². The smallest absolute Gasteiger partial charge is 0.228 e. The summed E-state index contributed by atoms with van der Waals surface area (Å²) < 4.78 is 5.59. The molecule has 0 saturated carbocycles. The summed E-state index contributed by atoms with van der Waals surface area (Å²) >= 11 is 0. The Kier molecular flexibility index (Phi) is 6.29. The van der Waals surface area contributed by atoms with Crippen molar-refractivity contribution in [1.29, 1.82) is 0 Å². The lowest BCUT2D eigenvalue weighted by Gasteiger charge is -2.47. The Balaban J connectivity index is 1.29. The number of nitrogens with one attached hydrogen (secondary N) is 1. The molecule has 3 heterocycles. The summed E-state index contributed by atoms with van der Waals surface area (Å²) in [4.78, 5) is 26.0. The van der Waals surface area contributed by atoms with Crippen LogP contribution in [0.5, 0.6) is 0 Å². The van der Waals surface area contributed by atoms with E-state index in [1.807, 2.05) is 42.5 Å². The molecule has 1 atom stereocenters. The van der Waals surface area contributed by atoms with Crippen LogP contribution in [0.3, 0.4) is 0 Å². The molecule has 1 amide bonds. The van der Waals surface area contributed by atoms with Crippen molar-refractivity contribution in [3.05, 3.63) is 53.9 Å². The third-order valence-corrected chi connectivity index (χ3v) is 6.45. The van der Waals surface area contributed by atoms with Crippen LogP contribution in [-0.4, -0.2) is 65.6 Å². The minimum Gasteiger partial charge on any atom is -0.380 e. The molecule has 2 aliphatic heterocycles. The Morgan fingerprint density at radius 1 is 1.13 bits per heavy atom. The van der Waals surface area contributed by atoms with E-state index in [9.17, 15) is 4.79 Å². The van der Waals surface area contributed by atoms with Gasteiger partial charge in [0.25, 0.3) is 0 Å². The molecule has 30 heavy (non-hydrogen) atoms. The monoisotopic (exact) mass is 409 g/mol. The highest BCUT2D eigenvalue weighted by Gasteiger charge is 2.47. The van der Waals surface area contributed by atoms with Gasteiger partial charge in [-0.2, -0.15) is 0 Å². The minimum absolute atomic E-state index is 0.142. The largest absolute Gasteiger partial charge is 0.380 e. The molecule has 2 aromatic rings. The zero-order chi connectivity index (χ0) is 21.0. The van der Waals surface area contributed by atoms with Crippen LogP contribution in [0.25, 0.3) is 0 Å². The molecule has 0 radical (unpaired) electrons. The van der Waals surface area contributed by atoms with E-state index in [4.69, 9.17) is 4.74 Å². The first-order valence-corrected chi connectivity index (χ1v) is 10.7. The van der Waals surface area contributed by atoms with Gasteiger partial charge in [-0.3, -0.25) is 9.69 Å². The summed E-state index contributed by atoms with van der Waals surface area (Å²) in [6.45, 7) is 4.03. The molecule has 1 aromatic carbocycles. The number of amides is 1. The highest BCUT2D eigenvalue weighted by atomic mass is 16.5. The average Bonchev–Trinajstić information content (AvgIpc) is 2.79. The maximum Gasteiger partial charge on any atom is 0.228 e. The van der Waals surface area contributed by atoms with Gasteiger partial charge in [0.15, 0.2) is 0 Å². The van der Waals surface area contributed by atoms with Crippen LogP contribution in [-0.2, 0) is 22.6 Å². The van der Waals surface area contributed by atoms with Crippen LogP contribution in [0.4, 0.5) is 5.95 Å². The van der Waals surface area contributed by atoms with E-state index < -0.39 is 0 Å². The van der Waals surface area contributed by atoms with Gasteiger partial charge in [-0.15, -0.1) is 0 Å². The fourth-order valence-electron chi connectivity index (χ4n) is 4.66. The molecule has 2 saturated heterocycles. The molecular weight excluding hydrogens is 378 g/mol. The van der Waals surface area contributed by atoms with E-state index in [2.05, 4.69) is 32.3 Å². The van der Waals surface area contributed by atoms with Crippen molar-refractivity contribution in [1.82, 2.24) is 19.8 Å². The topological polar surface area (TPSA) is 70.6 Å². The van der Waals surface area contributed by atoms with Crippen molar-refractivity contribution in [3.8, 4) is 0 Å². The number of nitrogens with zero attached hydrogens (tertiary/aromatic N) is 4. The maximum absolute atomic E-state index is 12.9. The Morgan fingerprint density at radius 2 is 1.83 bits per heavy atom. The molecular formula is C23H31N5O2. The first kappa shape index (κ1) is 20.8. The highest BCUT2D eigenvalue weighted by molar-refractivity contribution is 5.83. The van der Waals surface area contributed by atoms with Gasteiger partial charge in [0.05, 0.1) is 11.5 Å². The van der Waals surface area contributed by atoms with Crippen LogP contribution in [0.2, 0.25) is 0 Å². The minimum atomic E-state index is -0.258. The van der Waals surface area contributed by atoms with E-state index in [0.29, 0.717) is 19.0 Å². The number of aromatic nitrogens is 2. The Hall–Kier alpha value is -2.51. The molecule has 7 heteroatoms. The summed E-state index contributed by atoms with van der Waals surface area (Å²) in [5.74, 6) is 0.925. The normalized spacial score (nSPS) is 21.7. The van der Waals surface area contributed by atoms with Crippen LogP contribution in [0, 0.1) is 5.41 Å². The first-order chi connectivity index (χ1) is 14.6. The number of anilines is 1. The third kappa shape index (κ3) is 4.63. The van der Waals surface area contributed by atoms with Gasteiger partial charge in [0.1, 0.15) is 0 Å². The van der Waals surface area contributed by atoms with E-state index in [0.717, 1.165) is 44.5 Å². The predicted octanol–water partition coefficient (Wildman–Crippen LogP) is 2.55. The third-order valence-electron chi connectivity index (χ3n) is 6.45. The number of rotatable bonds is 6. The Labute approximate surface area is 178 Å².